The van der Waals surface area contributed by atoms with Gasteiger partial charge in [-0.15, -0.1) is 0 Å². The fourth-order valence-electron chi connectivity index (χ4n) is 2.71. The minimum Gasteiger partial charge on any atom is -0.460 e. The maximum atomic E-state index is 13.0. The van der Waals surface area contributed by atoms with Gasteiger partial charge in [0, 0.05) is 6.42 Å². The molecule has 0 bridgehead atoms. The lowest BCUT2D eigenvalue weighted by atomic mass is 9.75. The summed E-state index contributed by atoms with van der Waals surface area (Å²) >= 11 is 0. The Morgan fingerprint density at radius 3 is 1.73 bits per heavy atom. The Morgan fingerprint density at radius 1 is 0.808 bits per heavy atom. The monoisotopic (exact) mass is 350 g/mol. The molecule has 0 aromatic heterocycles. The highest BCUT2D eigenvalue weighted by Crippen LogP contribution is 2.32. The minimum absolute atomic E-state index is 0.0109. The van der Waals surface area contributed by atoms with Crippen molar-refractivity contribution >= 4 is 11.9 Å². The number of carbonyl (C=O) groups is 2. The fourth-order valence-corrected chi connectivity index (χ4v) is 2.71. The predicted molar refractivity (Wildman–Crippen MR) is 101 cm³/mol. The van der Waals surface area contributed by atoms with Gasteiger partial charge in [-0.05, 0) is 11.1 Å². The molecule has 0 radical (unpaired) electrons. The van der Waals surface area contributed by atoms with Gasteiger partial charge in [-0.2, -0.15) is 0 Å². The summed E-state index contributed by atoms with van der Waals surface area (Å²) < 4.78 is 10.6. The van der Waals surface area contributed by atoms with Gasteiger partial charge in [0.1, 0.15) is 13.2 Å². The van der Waals surface area contributed by atoms with Crippen molar-refractivity contribution < 1.29 is 19.1 Å². The molecule has 0 unspecified atom stereocenters. The van der Waals surface area contributed by atoms with Crippen LogP contribution < -0.4 is 0 Å². The van der Waals surface area contributed by atoms with Gasteiger partial charge in [-0.1, -0.05) is 86.0 Å². The van der Waals surface area contributed by atoms with Crippen LogP contribution in [0.1, 0.15) is 11.1 Å². The molecule has 2 aromatic rings. The number of ether oxygens (including phenoxy) is 2. The van der Waals surface area contributed by atoms with E-state index >= 15 is 0 Å². The summed E-state index contributed by atoms with van der Waals surface area (Å²) in [6, 6.07) is 18.1. The second kappa shape index (κ2) is 9.37. The molecule has 0 N–H and O–H groups in total. The number of hydrogen-bond acceptors (Lipinski definition) is 4. The van der Waals surface area contributed by atoms with E-state index in [4.69, 9.17) is 9.47 Å². The molecule has 0 amide bonds. The van der Waals surface area contributed by atoms with Gasteiger partial charge >= 0.3 is 11.9 Å². The van der Waals surface area contributed by atoms with E-state index < -0.39 is 17.4 Å². The van der Waals surface area contributed by atoms with Crippen LogP contribution in [0.3, 0.4) is 0 Å². The Balaban J connectivity index is 2.56. The second-order valence-corrected chi connectivity index (χ2v) is 5.71. The molecule has 0 spiro atoms. The maximum absolute atomic E-state index is 13.0. The van der Waals surface area contributed by atoms with E-state index in [2.05, 4.69) is 13.2 Å². The van der Waals surface area contributed by atoms with Crippen molar-refractivity contribution in [2.24, 2.45) is 0 Å². The van der Waals surface area contributed by atoms with E-state index in [9.17, 15) is 9.59 Å². The van der Waals surface area contributed by atoms with Gasteiger partial charge in [-0.25, -0.2) is 0 Å². The normalized spacial score (nSPS) is 10.6. The fraction of sp³-hybridized carbons (Fsp3) is 0.182. The van der Waals surface area contributed by atoms with Gasteiger partial charge in [-0.3, -0.25) is 9.59 Å². The Bertz CT molecular complexity index is 726. The largest absolute Gasteiger partial charge is 0.460 e. The molecule has 0 saturated heterocycles. The van der Waals surface area contributed by atoms with Crippen molar-refractivity contribution in [3.05, 3.63) is 97.1 Å². The lowest BCUT2D eigenvalue weighted by Gasteiger charge is -2.29. The van der Waals surface area contributed by atoms with Crippen molar-refractivity contribution in [2.45, 2.75) is 11.8 Å². The van der Waals surface area contributed by atoms with Crippen molar-refractivity contribution in [2.75, 3.05) is 13.2 Å². The summed E-state index contributed by atoms with van der Waals surface area (Å²) in [6.45, 7) is 7.14. The summed E-state index contributed by atoms with van der Waals surface area (Å²) in [5.74, 6) is -1.33. The molecule has 0 aliphatic carbocycles. The zero-order chi connectivity index (χ0) is 18.8. The first-order valence-corrected chi connectivity index (χ1v) is 8.31. The number of hydrogen-bond donors (Lipinski definition) is 0. The zero-order valence-corrected chi connectivity index (χ0v) is 14.6. The summed E-state index contributed by atoms with van der Waals surface area (Å²) in [4.78, 5) is 26.1. The molecule has 2 aromatic carbocycles. The molecule has 134 valence electrons. The smallest absolute Gasteiger partial charge is 0.328 e. The van der Waals surface area contributed by atoms with Gasteiger partial charge in [0.15, 0.2) is 5.41 Å². The van der Waals surface area contributed by atoms with Crippen LogP contribution in [0.4, 0.5) is 0 Å². The van der Waals surface area contributed by atoms with E-state index in [1.807, 2.05) is 36.4 Å². The molecule has 4 heteroatoms. The Hall–Kier alpha value is -3.14. The average Bonchev–Trinajstić information content (AvgIpc) is 2.69. The summed E-state index contributed by atoms with van der Waals surface area (Å²) in [5, 5.41) is 0. The standard InChI is InChI=1S/C22H22O4/c1-3-15-25-20(23)22(21(24)26-16-4-2,19-13-9-6-10-14-19)17-18-11-7-5-8-12-18/h3-14H,1-2,15-17H2. The predicted octanol–water partition coefficient (Wildman–Crippen LogP) is 3.63. The molecule has 0 heterocycles. The van der Waals surface area contributed by atoms with E-state index in [1.54, 1.807) is 24.3 Å². The molecule has 0 aliphatic heterocycles. The quantitative estimate of drug-likeness (QED) is 0.394. The summed E-state index contributed by atoms with van der Waals surface area (Å²) in [5.41, 5.74) is -0.260. The molecule has 4 nitrogen and oxygen atoms in total. The van der Waals surface area contributed by atoms with Crippen LogP contribution in [0.15, 0.2) is 86.0 Å². The topological polar surface area (TPSA) is 52.6 Å². The van der Waals surface area contributed by atoms with Gasteiger partial charge in [0.05, 0.1) is 0 Å². The van der Waals surface area contributed by atoms with Crippen LogP contribution in [0.5, 0.6) is 0 Å². The minimum atomic E-state index is -1.60. The highest BCUT2D eigenvalue weighted by molar-refractivity contribution is 6.06. The van der Waals surface area contributed by atoms with Gasteiger partial charge in [0.25, 0.3) is 0 Å². The Morgan fingerprint density at radius 2 is 1.27 bits per heavy atom. The Kier molecular flexibility index (Phi) is 6.92. The van der Waals surface area contributed by atoms with Crippen LogP contribution in [0.2, 0.25) is 0 Å². The number of esters is 2. The first kappa shape index (κ1) is 19.2. The van der Waals surface area contributed by atoms with E-state index in [0.29, 0.717) is 5.56 Å². The van der Waals surface area contributed by atoms with Crippen LogP contribution >= 0.6 is 0 Å². The summed E-state index contributed by atoms with van der Waals surface area (Å²) in [7, 11) is 0. The molecule has 0 fully saturated rings. The first-order chi connectivity index (χ1) is 12.6. The zero-order valence-electron chi connectivity index (χ0n) is 14.6. The van der Waals surface area contributed by atoms with Crippen LogP contribution in [0, 0.1) is 0 Å². The van der Waals surface area contributed by atoms with Crippen LogP contribution in [0.25, 0.3) is 0 Å². The lowest BCUT2D eigenvalue weighted by Crippen LogP contribution is -2.48. The SMILES string of the molecule is C=CCOC(=O)C(Cc1ccccc1)(C(=O)OCC=C)c1ccccc1. The van der Waals surface area contributed by atoms with Crippen LogP contribution in [-0.2, 0) is 30.9 Å². The van der Waals surface area contributed by atoms with E-state index in [1.165, 1.54) is 12.2 Å². The average molecular weight is 350 g/mol. The van der Waals surface area contributed by atoms with Crippen molar-refractivity contribution in [1.82, 2.24) is 0 Å². The molecular formula is C22H22O4. The van der Waals surface area contributed by atoms with Crippen molar-refractivity contribution in [3.8, 4) is 0 Å². The number of rotatable bonds is 9. The third kappa shape index (κ3) is 4.28. The van der Waals surface area contributed by atoms with Crippen LogP contribution in [-0.4, -0.2) is 25.2 Å². The van der Waals surface area contributed by atoms with E-state index in [0.717, 1.165) is 5.56 Å². The maximum Gasteiger partial charge on any atom is 0.328 e. The third-order valence-electron chi connectivity index (χ3n) is 3.94. The molecule has 0 saturated carbocycles. The molecule has 26 heavy (non-hydrogen) atoms. The van der Waals surface area contributed by atoms with Gasteiger partial charge in [0.2, 0.25) is 0 Å². The lowest BCUT2D eigenvalue weighted by molar-refractivity contribution is -0.164. The van der Waals surface area contributed by atoms with E-state index in [-0.39, 0.29) is 19.6 Å². The second-order valence-electron chi connectivity index (χ2n) is 5.71. The highest BCUT2D eigenvalue weighted by Gasteiger charge is 2.50. The third-order valence-corrected chi connectivity index (χ3v) is 3.94. The molecule has 0 aliphatic rings. The van der Waals surface area contributed by atoms with Gasteiger partial charge < -0.3 is 9.47 Å². The first-order valence-electron chi connectivity index (χ1n) is 8.31. The molecule has 2 rings (SSSR count). The highest BCUT2D eigenvalue weighted by atomic mass is 16.6. The van der Waals surface area contributed by atoms with Crippen molar-refractivity contribution in [1.29, 1.82) is 0 Å². The Labute approximate surface area is 153 Å². The molecule has 0 atom stereocenters. The number of benzene rings is 2. The summed E-state index contributed by atoms with van der Waals surface area (Å²) in [6.07, 6.45) is 3.06. The van der Waals surface area contributed by atoms with Crippen molar-refractivity contribution in [3.63, 3.8) is 0 Å². The molecular weight excluding hydrogens is 328 g/mol. The number of carbonyl (C=O) groups excluding carboxylic acids is 2.